The highest BCUT2D eigenvalue weighted by molar-refractivity contribution is 7.99. The smallest absolute Gasteiger partial charge is 0.233 e. The van der Waals surface area contributed by atoms with Crippen LogP contribution >= 0.6 is 11.8 Å². The number of aromatic nitrogens is 3. The Morgan fingerprint density at radius 3 is 2.47 bits per heavy atom. The molecule has 1 aliphatic heterocycles. The fourth-order valence-corrected chi connectivity index (χ4v) is 5.07. The topological polar surface area (TPSA) is 51.0 Å². The molecule has 2 atom stereocenters. The van der Waals surface area contributed by atoms with E-state index in [1.165, 1.54) is 23.7 Å². The van der Waals surface area contributed by atoms with E-state index in [0.29, 0.717) is 17.8 Å². The van der Waals surface area contributed by atoms with Gasteiger partial charge in [-0.2, -0.15) is 0 Å². The quantitative estimate of drug-likeness (QED) is 0.537. The number of rotatable bonds is 5. The summed E-state index contributed by atoms with van der Waals surface area (Å²) in [6.45, 7) is 6.38. The standard InChI is InChI=1S/C24H28N4OS/c1-17-9-7-14-21(15-17)28-23(20-12-5-4-6-13-20)25-26-24(28)30-16-22(29)27-18(2)10-8-11-19(27)3/h4-7,9,12-15,18-19H,8,10-11,16H2,1-3H3/t18-,19-/m1/s1. The summed E-state index contributed by atoms with van der Waals surface area (Å²) in [5.41, 5.74) is 3.18. The molecule has 1 fully saturated rings. The average Bonchev–Trinajstić information content (AvgIpc) is 3.17. The summed E-state index contributed by atoms with van der Waals surface area (Å²) in [6, 6.07) is 19.0. The summed E-state index contributed by atoms with van der Waals surface area (Å²) in [4.78, 5) is 15.1. The Hall–Kier alpha value is -2.60. The molecule has 156 valence electrons. The van der Waals surface area contributed by atoms with Crippen LogP contribution in [0.5, 0.6) is 0 Å². The maximum absolute atomic E-state index is 13.0. The molecular weight excluding hydrogens is 392 g/mol. The minimum absolute atomic E-state index is 0.180. The van der Waals surface area contributed by atoms with Crippen LogP contribution in [0.1, 0.15) is 38.7 Å². The summed E-state index contributed by atoms with van der Waals surface area (Å²) in [6.07, 6.45) is 3.36. The second-order valence-electron chi connectivity index (χ2n) is 8.07. The first-order valence-electron chi connectivity index (χ1n) is 10.6. The lowest BCUT2D eigenvalue weighted by molar-refractivity contribution is -0.134. The second-order valence-corrected chi connectivity index (χ2v) is 9.01. The number of amides is 1. The van der Waals surface area contributed by atoms with Gasteiger partial charge in [0.1, 0.15) is 0 Å². The van der Waals surface area contributed by atoms with Crippen LogP contribution in [0.4, 0.5) is 0 Å². The summed E-state index contributed by atoms with van der Waals surface area (Å²) >= 11 is 1.47. The van der Waals surface area contributed by atoms with Gasteiger partial charge in [-0.05, 0) is 57.7 Å². The minimum Gasteiger partial charge on any atom is -0.337 e. The minimum atomic E-state index is 0.180. The SMILES string of the molecule is Cc1cccc(-n2c(SCC(=O)N3[C@H](C)CCC[C@H]3C)nnc2-c2ccccc2)c1. The van der Waals surface area contributed by atoms with Crippen LogP contribution < -0.4 is 0 Å². The highest BCUT2D eigenvalue weighted by Gasteiger charge is 2.29. The van der Waals surface area contributed by atoms with E-state index in [1.54, 1.807) is 0 Å². The van der Waals surface area contributed by atoms with E-state index in [9.17, 15) is 4.79 Å². The van der Waals surface area contributed by atoms with E-state index in [4.69, 9.17) is 0 Å². The first-order valence-corrected chi connectivity index (χ1v) is 11.5. The van der Waals surface area contributed by atoms with Gasteiger partial charge >= 0.3 is 0 Å². The van der Waals surface area contributed by atoms with E-state index < -0.39 is 0 Å². The third-order valence-electron chi connectivity index (χ3n) is 5.73. The van der Waals surface area contributed by atoms with Crippen molar-refractivity contribution in [3.8, 4) is 17.1 Å². The van der Waals surface area contributed by atoms with Crippen molar-refractivity contribution in [2.75, 3.05) is 5.75 Å². The Morgan fingerprint density at radius 1 is 1.03 bits per heavy atom. The molecule has 0 unspecified atom stereocenters. The summed E-state index contributed by atoms with van der Waals surface area (Å²) in [5.74, 6) is 1.34. The van der Waals surface area contributed by atoms with Gasteiger partial charge in [-0.25, -0.2) is 0 Å². The molecule has 0 saturated carbocycles. The van der Waals surface area contributed by atoms with Crippen LogP contribution in [0.2, 0.25) is 0 Å². The third kappa shape index (κ3) is 4.29. The lowest BCUT2D eigenvalue weighted by Crippen LogP contribution is -2.48. The van der Waals surface area contributed by atoms with Gasteiger partial charge in [-0.3, -0.25) is 9.36 Å². The first kappa shape index (κ1) is 20.7. The molecule has 4 rings (SSSR count). The highest BCUT2D eigenvalue weighted by atomic mass is 32.2. The monoisotopic (exact) mass is 420 g/mol. The van der Waals surface area contributed by atoms with Crippen LogP contribution in [0, 0.1) is 6.92 Å². The number of hydrogen-bond donors (Lipinski definition) is 0. The van der Waals surface area contributed by atoms with Crippen LogP contribution in [0.25, 0.3) is 17.1 Å². The number of piperidine rings is 1. The zero-order valence-electron chi connectivity index (χ0n) is 17.8. The lowest BCUT2D eigenvalue weighted by Gasteiger charge is -2.39. The fourth-order valence-electron chi connectivity index (χ4n) is 4.25. The van der Waals surface area contributed by atoms with E-state index in [0.717, 1.165) is 35.1 Å². The number of thioether (sulfide) groups is 1. The Kier molecular flexibility index (Phi) is 6.23. The van der Waals surface area contributed by atoms with Crippen molar-refractivity contribution in [1.29, 1.82) is 0 Å². The Labute approximate surface area is 182 Å². The molecule has 6 heteroatoms. The zero-order chi connectivity index (χ0) is 21.1. The molecule has 0 N–H and O–H groups in total. The van der Waals surface area contributed by atoms with E-state index in [1.807, 2.05) is 36.4 Å². The maximum Gasteiger partial charge on any atom is 0.233 e. The summed E-state index contributed by atoms with van der Waals surface area (Å²) < 4.78 is 2.06. The molecule has 0 aliphatic carbocycles. The van der Waals surface area contributed by atoms with Gasteiger partial charge in [0.25, 0.3) is 0 Å². The molecule has 0 spiro atoms. The number of carbonyl (C=O) groups excluding carboxylic acids is 1. The number of hydrogen-bond acceptors (Lipinski definition) is 4. The Bertz CT molecular complexity index is 1010. The maximum atomic E-state index is 13.0. The van der Waals surface area contributed by atoms with E-state index in [2.05, 4.69) is 58.6 Å². The molecule has 3 aromatic rings. The molecule has 1 aliphatic rings. The molecule has 2 heterocycles. The van der Waals surface area contributed by atoms with Gasteiger partial charge in [0.05, 0.1) is 5.75 Å². The van der Waals surface area contributed by atoms with Crippen molar-refractivity contribution in [3.05, 3.63) is 60.2 Å². The van der Waals surface area contributed by atoms with Gasteiger partial charge in [0.2, 0.25) is 5.91 Å². The van der Waals surface area contributed by atoms with Crippen LogP contribution in [-0.2, 0) is 4.79 Å². The molecule has 0 bridgehead atoms. The normalized spacial score (nSPS) is 19.1. The molecule has 1 saturated heterocycles. The molecule has 2 aromatic carbocycles. The predicted molar refractivity (Wildman–Crippen MR) is 122 cm³/mol. The fraction of sp³-hybridized carbons (Fsp3) is 0.375. The number of carbonyl (C=O) groups is 1. The van der Waals surface area contributed by atoms with E-state index in [-0.39, 0.29) is 5.91 Å². The van der Waals surface area contributed by atoms with Crippen LogP contribution in [0.15, 0.2) is 59.8 Å². The molecular formula is C24H28N4OS. The summed E-state index contributed by atoms with van der Waals surface area (Å²) in [5, 5.41) is 9.68. The lowest BCUT2D eigenvalue weighted by atomic mass is 9.98. The van der Waals surface area contributed by atoms with Gasteiger partial charge in [0.15, 0.2) is 11.0 Å². The Balaban J connectivity index is 1.63. The van der Waals surface area contributed by atoms with Gasteiger partial charge in [-0.15, -0.1) is 10.2 Å². The average molecular weight is 421 g/mol. The number of likely N-dealkylation sites (tertiary alicyclic amines) is 1. The highest BCUT2D eigenvalue weighted by Crippen LogP contribution is 2.30. The van der Waals surface area contributed by atoms with Crippen LogP contribution in [-0.4, -0.2) is 43.4 Å². The van der Waals surface area contributed by atoms with Crippen molar-refractivity contribution in [3.63, 3.8) is 0 Å². The van der Waals surface area contributed by atoms with Crippen molar-refractivity contribution in [2.24, 2.45) is 0 Å². The van der Waals surface area contributed by atoms with Crippen molar-refractivity contribution in [2.45, 2.75) is 57.3 Å². The predicted octanol–water partition coefficient (Wildman–Crippen LogP) is 5.12. The van der Waals surface area contributed by atoms with Crippen molar-refractivity contribution >= 4 is 17.7 Å². The number of benzene rings is 2. The third-order valence-corrected chi connectivity index (χ3v) is 6.65. The zero-order valence-corrected chi connectivity index (χ0v) is 18.6. The summed E-state index contributed by atoms with van der Waals surface area (Å²) in [7, 11) is 0. The largest absolute Gasteiger partial charge is 0.337 e. The van der Waals surface area contributed by atoms with Crippen LogP contribution in [0.3, 0.4) is 0 Å². The molecule has 1 amide bonds. The van der Waals surface area contributed by atoms with Gasteiger partial charge < -0.3 is 4.90 Å². The molecule has 1 aromatic heterocycles. The molecule has 30 heavy (non-hydrogen) atoms. The first-order chi connectivity index (χ1) is 14.5. The van der Waals surface area contributed by atoms with Gasteiger partial charge in [-0.1, -0.05) is 54.2 Å². The Morgan fingerprint density at radius 2 is 1.77 bits per heavy atom. The second kappa shape index (κ2) is 9.04. The van der Waals surface area contributed by atoms with Gasteiger partial charge in [0, 0.05) is 23.3 Å². The molecule has 5 nitrogen and oxygen atoms in total. The van der Waals surface area contributed by atoms with Crippen molar-refractivity contribution < 1.29 is 4.79 Å². The van der Waals surface area contributed by atoms with E-state index >= 15 is 0 Å². The van der Waals surface area contributed by atoms with Crippen molar-refractivity contribution in [1.82, 2.24) is 19.7 Å². The number of aryl methyl sites for hydroxylation is 1. The molecule has 0 radical (unpaired) electrons. The number of nitrogens with zero attached hydrogens (tertiary/aromatic N) is 4.